The van der Waals surface area contributed by atoms with E-state index in [0.717, 1.165) is 25.7 Å². The first-order valence-electron chi connectivity index (χ1n) is 9.09. The first-order valence-corrected chi connectivity index (χ1v) is 9.97. The normalized spacial score (nSPS) is 14.7. The van der Waals surface area contributed by atoms with Crippen molar-refractivity contribution in [3.05, 3.63) is 52.2 Å². The van der Waals surface area contributed by atoms with E-state index in [0.29, 0.717) is 30.1 Å². The summed E-state index contributed by atoms with van der Waals surface area (Å²) in [5.41, 5.74) is 6.94. The van der Waals surface area contributed by atoms with Gasteiger partial charge in [-0.15, -0.1) is 11.3 Å². The zero-order chi connectivity index (χ0) is 18.4. The van der Waals surface area contributed by atoms with Crippen molar-refractivity contribution >= 4 is 28.8 Å². The Morgan fingerprint density at radius 3 is 2.77 bits per heavy atom. The number of nitrogens with two attached hydrogens (primary N) is 1. The van der Waals surface area contributed by atoms with Crippen molar-refractivity contribution in [3.63, 3.8) is 0 Å². The molecule has 1 atom stereocenters. The highest BCUT2D eigenvalue weighted by atomic mass is 32.1. The van der Waals surface area contributed by atoms with Crippen LogP contribution in [-0.4, -0.2) is 24.4 Å². The van der Waals surface area contributed by atoms with Gasteiger partial charge in [0.25, 0.3) is 5.91 Å². The number of benzene rings is 1. The molecule has 2 amide bonds. The number of rotatable bonds is 9. The van der Waals surface area contributed by atoms with Gasteiger partial charge in [0, 0.05) is 35.1 Å². The monoisotopic (exact) mass is 371 g/mol. The third-order valence-electron chi connectivity index (χ3n) is 4.58. The lowest BCUT2D eigenvalue weighted by molar-refractivity contribution is -0.116. The summed E-state index contributed by atoms with van der Waals surface area (Å²) >= 11 is 1.71. The quantitative estimate of drug-likeness (QED) is 0.633. The highest BCUT2D eigenvalue weighted by molar-refractivity contribution is 7.09. The fourth-order valence-corrected chi connectivity index (χ4v) is 3.71. The Morgan fingerprint density at radius 2 is 2.08 bits per heavy atom. The predicted octanol–water partition coefficient (Wildman–Crippen LogP) is 3.18. The van der Waals surface area contributed by atoms with Crippen molar-refractivity contribution in [2.45, 2.75) is 38.1 Å². The summed E-state index contributed by atoms with van der Waals surface area (Å²) in [6.07, 6.45) is 4.44. The third-order valence-corrected chi connectivity index (χ3v) is 5.51. The first-order chi connectivity index (χ1) is 12.7. The van der Waals surface area contributed by atoms with E-state index in [1.54, 1.807) is 35.6 Å². The highest BCUT2D eigenvalue weighted by Crippen LogP contribution is 2.32. The molecule has 1 aliphatic carbocycles. The number of carbonyl (C=O) groups is 2. The summed E-state index contributed by atoms with van der Waals surface area (Å²) in [6, 6.07) is 11.2. The van der Waals surface area contributed by atoms with Crippen LogP contribution in [0, 0.1) is 5.92 Å². The van der Waals surface area contributed by atoms with Crippen LogP contribution in [0.15, 0.2) is 41.8 Å². The van der Waals surface area contributed by atoms with Gasteiger partial charge in [-0.3, -0.25) is 9.59 Å². The molecule has 1 fully saturated rings. The van der Waals surface area contributed by atoms with Gasteiger partial charge in [0.15, 0.2) is 0 Å². The van der Waals surface area contributed by atoms with Gasteiger partial charge in [-0.2, -0.15) is 0 Å². The summed E-state index contributed by atoms with van der Waals surface area (Å²) in [4.78, 5) is 25.8. The zero-order valence-corrected chi connectivity index (χ0v) is 15.6. The number of thiophene rings is 1. The molecule has 6 heteroatoms. The Kier molecular flexibility index (Phi) is 6.41. The van der Waals surface area contributed by atoms with Crippen LogP contribution in [0.3, 0.4) is 0 Å². The third kappa shape index (κ3) is 5.41. The van der Waals surface area contributed by atoms with Crippen LogP contribution in [0.5, 0.6) is 0 Å². The van der Waals surface area contributed by atoms with Gasteiger partial charge in [-0.25, -0.2) is 0 Å². The Morgan fingerprint density at radius 1 is 1.23 bits per heavy atom. The predicted molar refractivity (Wildman–Crippen MR) is 105 cm³/mol. The average Bonchev–Trinajstić information content (AvgIpc) is 3.35. The molecule has 26 heavy (non-hydrogen) atoms. The molecule has 1 heterocycles. The topological polar surface area (TPSA) is 84.2 Å². The maximum absolute atomic E-state index is 12.4. The van der Waals surface area contributed by atoms with Crippen LogP contribution in [0.2, 0.25) is 0 Å². The maximum atomic E-state index is 12.4. The molecule has 0 aliphatic heterocycles. The van der Waals surface area contributed by atoms with Gasteiger partial charge >= 0.3 is 0 Å². The van der Waals surface area contributed by atoms with Gasteiger partial charge in [-0.1, -0.05) is 12.1 Å². The number of hydrogen-bond acceptors (Lipinski definition) is 4. The Balaban J connectivity index is 1.49. The minimum Gasteiger partial charge on any atom is -0.348 e. The average molecular weight is 372 g/mol. The summed E-state index contributed by atoms with van der Waals surface area (Å²) in [6.45, 7) is 0.455. The van der Waals surface area contributed by atoms with Crippen LogP contribution in [0.4, 0.5) is 5.69 Å². The van der Waals surface area contributed by atoms with Crippen molar-refractivity contribution < 1.29 is 9.59 Å². The van der Waals surface area contributed by atoms with Gasteiger partial charge in [-0.05, 0) is 61.2 Å². The van der Waals surface area contributed by atoms with Crippen LogP contribution in [0.1, 0.15) is 40.9 Å². The highest BCUT2D eigenvalue weighted by Gasteiger charge is 2.31. The number of amides is 2. The summed E-state index contributed by atoms with van der Waals surface area (Å²) < 4.78 is 0. The van der Waals surface area contributed by atoms with Gasteiger partial charge in [0.05, 0.1) is 0 Å². The van der Waals surface area contributed by atoms with Crippen LogP contribution in [0.25, 0.3) is 0 Å². The van der Waals surface area contributed by atoms with E-state index in [1.165, 1.54) is 4.88 Å². The molecule has 0 radical (unpaired) electrons. The summed E-state index contributed by atoms with van der Waals surface area (Å²) in [5.74, 6) is 0.341. The summed E-state index contributed by atoms with van der Waals surface area (Å²) in [7, 11) is 0. The molecule has 3 rings (SSSR count). The van der Waals surface area contributed by atoms with Gasteiger partial charge < -0.3 is 16.4 Å². The molecule has 138 valence electrons. The summed E-state index contributed by atoms with van der Waals surface area (Å²) in [5, 5.41) is 7.93. The van der Waals surface area contributed by atoms with Crippen LogP contribution in [-0.2, 0) is 11.2 Å². The molecule has 0 bridgehead atoms. The smallest absolute Gasteiger partial charge is 0.251 e. The molecule has 1 unspecified atom stereocenters. The van der Waals surface area contributed by atoms with Crippen LogP contribution >= 0.6 is 11.3 Å². The second-order valence-corrected chi connectivity index (χ2v) is 7.75. The maximum Gasteiger partial charge on any atom is 0.251 e. The molecule has 2 aromatic rings. The number of carbonyl (C=O) groups excluding carboxylic acids is 2. The van der Waals surface area contributed by atoms with E-state index >= 15 is 0 Å². The largest absolute Gasteiger partial charge is 0.348 e. The number of anilines is 1. The molecular weight excluding hydrogens is 346 g/mol. The minimum absolute atomic E-state index is 0.0306. The van der Waals surface area contributed by atoms with Gasteiger partial charge in [0.2, 0.25) is 5.91 Å². The fraction of sp³-hybridized carbons (Fsp3) is 0.400. The standard InChI is InChI=1S/C20H25N3O2S/c21-13-18(14-9-10-14)23-20(25)15-4-1-5-16(12-15)22-19(24)8-2-6-17-7-3-11-26-17/h1,3-5,7,11-12,14,18H,2,6,8-10,13,21H2,(H,22,24)(H,23,25). The van der Waals surface area contributed by atoms with E-state index in [2.05, 4.69) is 16.7 Å². The Hall–Kier alpha value is -2.18. The van der Waals surface area contributed by atoms with Crippen molar-refractivity contribution in [1.82, 2.24) is 5.32 Å². The minimum atomic E-state index is -0.138. The second kappa shape index (κ2) is 8.96. The lowest BCUT2D eigenvalue weighted by atomic mass is 10.1. The SMILES string of the molecule is NCC(NC(=O)c1cccc(NC(=O)CCCc2cccs2)c1)C1CC1. The number of hydrogen-bond donors (Lipinski definition) is 3. The van der Waals surface area contributed by atoms with Gasteiger partial charge in [0.1, 0.15) is 0 Å². The Labute approximate surface area is 158 Å². The molecule has 5 nitrogen and oxygen atoms in total. The van der Waals surface area contributed by atoms with E-state index in [-0.39, 0.29) is 17.9 Å². The Bertz CT molecular complexity index is 741. The van der Waals surface area contributed by atoms with Crippen molar-refractivity contribution in [1.29, 1.82) is 0 Å². The van der Waals surface area contributed by atoms with E-state index in [9.17, 15) is 9.59 Å². The molecule has 1 saturated carbocycles. The first kappa shape index (κ1) is 18.6. The van der Waals surface area contributed by atoms with Crippen molar-refractivity contribution in [2.24, 2.45) is 11.7 Å². The molecule has 1 aromatic heterocycles. The van der Waals surface area contributed by atoms with E-state index in [1.807, 2.05) is 11.4 Å². The fourth-order valence-electron chi connectivity index (χ4n) is 2.96. The molecular formula is C20H25N3O2S. The second-order valence-electron chi connectivity index (χ2n) is 6.71. The van der Waals surface area contributed by atoms with Crippen molar-refractivity contribution in [3.8, 4) is 0 Å². The van der Waals surface area contributed by atoms with E-state index in [4.69, 9.17) is 5.73 Å². The zero-order valence-electron chi connectivity index (χ0n) is 14.7. The molecule has 4 N–H and O–H groups in total. The lowest BCUT2D eigenvalue weighted by Gasteiger charge is -2.16. The molecule has 0 spiro atoms. The lowest BCUT2D eigenvalue weighted by Crippen LogP contribution is -2.41. The molecule has 1 aromatic carbocycles. The van der Waals surface area contributed by atoms with Crippen LogP contribution < -0.4 is 16.4 Å². The number of nitrogens with one attached hydrogen (secondary N) is 2. The van der Waals surface area contributed by atoms with Crippen molar-refractivity contribution in [2.75, 3.05) is 11.9 Å². The van der Waals surface area contributed by atoms with E-state index < -0.39 is 0 Å². The molecule has 1 aliphatic rings. The molecule has 0 saturated heterocycles. The number of aryl methyl sites for hydroxylation is 1.